The smallest absolute Gasteiger partial charge is 0.341 e. The Morgan fingerprint density at radius 1 is 1.00 bits per heavy atom. The van der Waals surface area contributed by atoms with Crippen LogP contribution in [0, 0.1) is 11.7 Å². The lowest BCUT2D eigenvalue weighted by atomic mass is 9.86. The predicted molar refractivity (Wildman–Crippen MR) is 130 cm³/mol. The van der Waals surface area contributed by atoms with Crippen LogP contribution >= 0.6 is 0 Å². The van der Waals surface area contributed by atoms with Crippen molar-refractivity contribution >= 4 is 17.7 Å². The van der Waals surface area contributed by atoms with Gasteiger partial charge in [-0.3, -0.25) is 4.79 Å². The number of ether oxygens (including phenoxy) is 3. The van der Waals surface area contributed by atoms with Gasteiger partial charge in [0.15, 0.2) is 0 Å². The van der Waals surface area contributed by atoms with Crippen LogP contribution in [-0.4, -0.2) is 36.9 Å². The minimum atomic E-state index is -0.885. The molecule has 36 heavy (non-hydrogen) atoms. The summed E-state index contributed by atoms with van der Waals surface area (Å²) in [7, 11) is 3.10. The molecular formula is C27H26FN3O5. The van der Waals surface area contributed by atoms with Gasteiger partial charge in [-0.15, -0.1) is 0 Å². The van der Waals surface area contributed by atoms with Crippen LogP contribution in [0.4, 0.5) is 9.18 Å². The van der Waals surface area contributed by atoms with Gasteiger partial charge in [-0.1, -0.05) is 30.3 Å². The summed E-state index contributed by atoms with van der Waals surface area (Å²) in [6, 6.07) is 15.5. The van der Waals surface area contributed by atoms with Gasteiger partial charge in [0, 0.05) is 18.0 Å². The summed E-state index contributed by atoms with van der Waals surface area (Å²) >= 11 is 0. The van der Waals surface area contributed by atoms with Crippen molar-refractivity contribution in [1.82, 2.24) is 10.3 Å². The number of aromatic nitrogens is 1. The van der Waals surface area contributed by atoms with Gasteiger partial charge in [0.1, 0.15) is 24.1 Å². The van der Waals surface area contributed by atoms with Crippen LogP contribution in [0.1, 0.15) is 29.2 Å². The van der Waals surface area contributed by atoms with E-state index in [1.807, 2.05) is 24.3 Å². The molecule has 0 bridgehead atoms. The number of benzene rings is 2. The number of nitrogens with one attached hydrogen (secondary N) is 1. The first kappa shape index (κ1) is 24.8. The van der Waals surface area contributed by atoms with Gasteiger partial charge < -0.3 is 19.5 Å². The van der Waals surface area contributed by atoms with Crippen molar-refractivity contribution in [3.05, 3.63) is 89.4 Å². The molecule has 1 N–H and O–H groups in total. The number of nitrogens with zero attached hydrogens (tertiary/aromatic N) is 2. The van der Waals surface area contributed by atoms with E-state index in [2.05, 4.69) is 15.3 Å². The van der Waals surface area contributed by atoms with Crippen molar-refractivity contribution in [2.45, 2.75) is 25.5 Å². The molecule has 2 heterocycles. The molecule has 0 fully saturated rings. The lowest BCUT2D eigenvalue weighted by Gasteiger charge is -2.31. The molecule has 2 unspecified atom stereocenters. The average Bonchev–Trinajstić information content (AvgIpc) is 2.90. The quantitative estimate of drug-likeness (QED) is 0.445. The summed E-state index contributed by atoms with van der Waals surface area (Å²) < 4.78 is 29.5. The number of carbonyl (C=O) groups is 2. The van der Waals surface area contributed by atoms with E-state index in [0.717, 1.165) is 11.3 Å². The third kappa shape index (κ3) is 6.04. The molecular weight excluding hydrogens is 465 g/mol. The molecule has 9 heteroatoms. The van der Waals surface area contributed by atoms with Crippen LogP contribution in [-0.2, 0) is 22.6 Å². The number of aliphatic imine (C=N–C) groups is 1. The number of esters is 1. The van der Waals surface area contributed by atoms with Gasteiger partial charge >= 0.3 is 12.0 Å². The molecule has 186 valence electrons. The number of urea groups is 1. The first-order chi connectivity index (χ1) is 17.5. The lowest BCUT2D eigenvalue weighted by molar-refractivity contribution is -0.148. The van der Waals surface area contributed by atoms with E-state index in [0.29, 0.717) is 35.6 Å². The molecule has 1 aromatic heterocycles. The molecule has 4 rings (SSSR count). The monoisotopic (exact) mass is 491 g/mol. The van der Waals surface area contributed by atoms with Crippen LogP contribution in [0.3, 0.4) is 0 Å². The van der Waals surface area contributed by atoms with E-state index < -0.39 is 29.8 Å². The standard InChI is InChI=1S/C27H26FN3O5/c1-34-21-10-6-17(7-11-21)8-12-22-24(26(32)36-16-18-4-3-5-20(28)14-18)25(31-27(33)30-22)19-9-13-23(35-2)29-15-19/h3-7,9-11,13-15,24-25H,8,12,16H2,1-2H3,(H,31,33). The molecule has 0 radical (unpaired) electrons. The first-order valence-electron chi connectivity index (χ1n) is 11.4. The Morgan fingerprint density at radius 2 is 1.81 bits per heavy atom. The highest BCUT2D eigenvalue weighted by molar-refractivity contribution is 6.09. The molecule has 0 saturated heterocycles. The average molecular weight is 492 g/mol. The Balaban J connectivity index is 1.59. The minimum Gasteiger partial charge on any atom is -0.497 e. The topological polar surface area (TPSA) is 99.1 Å². The molecule has 8 nitrogen and oxygen atoms in total. The molecule has 0 aliphatic carbocycles. The van der Waals surface area contributed by atoms with E-state index in [4.69, 9.17) is 14.2 Å². The lowest BCUT2D eigenvalue weighted by Crippen LogP contribution is -2.45. The summed E-state index contributed by atoms with van der Waals surface area (Å²) in [5.41, 5.74) is 2.52. The second-order valence-electron chi connectivity index (χ2n) is 8.23. The number of hydrogen-bond acceptors (Lipinski definition) is 6. The second kappa shape index (κ2) is 11.4. The van der Waals surface area contributed by atoms with Crippen molar-refractivity contribution in [3.8, 4) is 11.6 Å². The molecule has 2 amide bonds. The SMILES string of the molecule is COc1ccc(CCC2=NC(=O)NC(c3ccc(OC)nc3)C2C(=O)OCc2cccc(F)c2)cc1. The highest BCUT2D eigenvalue weighted by atomic mass is 19.1. The number of methoxy groups -OCH3 is 2. The van der Waals surface area contributed by atoms with Gasteiger partial charge in [0.25, 0.3) is 0 Å². The fraction of sp³-hybridized carbons (Fsp3) is 0.259. The largest absolute Gasteiger partial charge is 0.497 e. The van der Waals surface area contributed by atoms with Crippen molar-refractivity contribution in [2.75, 3.05) is 14.2 Å². The van der Waals surface area contributed by atoms with E-state index >= 15 is 0 Å². The molecule has 0 spiro atoms. The maximum Gasteiger partial charge on any atom is 0.341 e. The Bertz CT molecular complexity index is 1250. The van der Waals surface area contributed by atoms with Crippen LogP contribution in [0.5, 0.6) is 11.6 Å². The number of aryl methyl sites for hydroxylation is 1. The molecule has 0 saturated carbocycles. The highest BCUT2D eigenvalue weighted by Crippen LogP contribution is 2.30. The predicted octanol–water partition coefficient (Wildman–Crippen LogP) is 4.44. The highest BCUT2D eigenvalue weighted by Gasteiger charge is 2.39. The minimum absolute atomic E-state index is 0.111. The third-order valence-corrected chi connectivity index (χ3v) is 5.90. The Labute approximate surface area is 208 Å². The van der Waals surface area contributed by atoms with E-state index in [1.165, 1.54) is 19.2 Å². The fourth-order valence-electron chi connectivity index (χ4n) is 4.03. The summed E-state index contributed by atoms with van der Waals surface area (Å²) in [6.45, 7) is -0.111. The van der Waals surface area contributed by atoms with E-state index in [9.17, 15) is 14.0 Å². The number of rotatable bonds is 9. The molecule has 1 aliphatic heterocycles. The third-order valence-electron chi connectivity index (χ3n) is 5.90. The van der Waals surface area contributed by atoms with Gasteiger partial charge in [-0.2, -0.15) is 0 Å². The summed E-state index contributed by atoms with van der Waals surface area (Å²) in [5, 5.41) is 2.77. The van der Waals surface area contributed by atoms with Crippen molar-refractivity contribution < 1.29 is 28.2 Å². The number of halogens is 1. The van der Waals surface area contributed by atoms with Crippen molar-refractivity contribution in [2.24, 2.45) is 10.9 Å². The van der Waals surface area contributed by atoms with Gasteiger partial charge in [-0.05, 0) is 53.8 Å². The zero-order valence-electron chi connectivity index (χ0n) is 19.9. The number of amides is 2. The Hall–Kier alpha value is -4.27. The van der Waals surface area contributed by atoms with Crippen LogP contribution in [0.25, 0.3) is 0 Å². The number of hydrogen-bond donors (Lipinski definition) is 1. The fourth-order valence-corrected chi connectivity index (χ4v) is 4.03. The molecule has 2 aromatic carbocycles. The maximum absolute atomic E-state index is 13.6. The van der Waals surface area contributed by atoms with Gasteiger partial charge in [-0.25, -0.2) is 19.2 Å². The Morgan fingerprint density at radius 3 is 2.47 bits per heavy atom. The van der Waals surface area contributed by atoms with Crippen LogP contribution < -0.4 is 14.8 Å². The summed E-state index contributed by atoms with van der Waals surface area (Å²) in [5.74, 6) is -0.741. The van der Waals surface area contributed by atoms with Crippen molar-refractivity contribution in [1.29, 1.82) is 0 Å². The maximum atomic E-state index is 13.6. The van der Waals surface area contributed by atoms with Crippen LogP contribution in [0.15, 0.2) is 71.9 Å². The zero-order chi connectivity index (χ0) is 25.5. The molecule has 1 aliphatic rings. The molecule has 2 atom stereocenters. The van der Waals surface area contributed by atoms with E-state index in [-0.39, 0.29) is 6.61 Å². The zero-order valence-corrected chi connectivity index (χ0v) is 19.9. The Kier molecular flexibility index (Phi) is 7.89. The second-order valence-corrected chi connectivity index (χ2v) is 8.23. The summed E-state index contributed by atoms with van der Waals surface area (Å²) in [4.78, 5) is 34.2. The number of carbonyl (C=O) groups excluding carboxylic acids is 2. The first-order valence-corrected chi connectivity index (χ1v) is 11.4. The van der Waals surface area contributed by atoms with Crippen molar-refractivity contribution in [3.63, 3.8) is 0 Å². The van der Waals surface area contributed by atoms with E-state index in [1.54, 1.807) is 37.6 Å². The van der Waals surface area contributed by atoms with Crippen LogP contribution in [0.2, 0.25) is 0 Å². The van der Waals surface area contributed by atoms with Gasteiger partial charge in [0.05, 0.1) is 20.3 Å². The van der Waals surface area contributed by atoms with Gasteiger partial charge in [0.2, 0.25) is 5.88 Å². The molecule has 3 aromatic rings. The normalized spacial score (nSPS) is 17.1. The summed E-state index contributed by atoms with van der Waals surface area (Å²) in [6.07, 6.45) is 2.46. The number of pyridine rings is 1.